The van der Waals surface area contributed by atoms with Gasteiger partial charge in [-0.25, -0.2) is 14.4 Å². The Labute approximate surface area is 205 Å². The molecule has 0 unspecified atom stereocenters. The Kier molecular flexibility index (Phi) is 6.46. The Bertz CT molecular complexity index is 1200. The molecule has 5 rings (SSSR count). The summed E-state index contributed by atoms with van der Waals surface area (Å²) >= 11 is 0. The van der Waals surface area contributed by atoms with E-state index in [-0.39, 0.29) is 6.54 Å². The Hall–Kier alpha value is -3.04. The molecule has 0 aliphatic carbocycles. The first-order valence-electron chi connectivity index (χ1n) is 12.3. The highest BCUT2D eigenvalue weighted by atomic mass is 19.1. The lowest BCUT2D eigenvalue weighted by Crippen LogP contribution is -2.52. The number of fused-ring (bicyclic) bond motifs is 1. The van der Waals surface area contributed by atoms with E-state index >= 15 is 0 Å². The molecule has 186 valence electrons. The van der Waals surface area contributed by atoms with Crippen molar-refractivity contribution in [1.82, 2.24) is 15.0 Å². The second-order valence-electron chi connectivity index (χ2n) is 9.93. The van der Waals surface area contributed by atoms with Crippen molar-refractivity contribution in [2.75, 3.05) is 54.5 Å². The molecule has 0 radical (unpaired) electrons. The molecule has 1 aromatic carbocycles. The van der Waals surface area contributed by atoms with Gasteiger partial charge in [-0.3, -0.25) is 0 Å². The third-order valence-electron chi connectivity index (χ3n) is 7.01. The van der Waals surface area contributed by atoms with Crippen molar-refractivity contribution in [3.8, 4) is 0 Å². The number of alkyl halides is 1. The molecule has 2 aromatic heterocycles. The molecule has 4 heterocycles. The van der Waals surface area contributed by atoms with Crippen molar-refractivity contribution in [3.05, 3.63) is 42.2 Å². The van der Waals surface area contributed by atoms with Crippen molar-refractivity contribution in [2.24, 2.45) is 0 Å². The number of aromatic nitrogens is 3. The van der Waals surface area contributed by atoms with E-state index in [9.17, 15) is 9.50 Å². The van der Waals surface area contributed by atoms with Gasteiger partial charge in [0.05, 0.1) is 25.4 Å². The van der Waals surface area contributed by atoms with Crippen LogP contribution in [-0.2, 0) is 4.74 Å². The zero-order chi connectivity index (χ0) is 24.6. The van der Waals surface area contributed by atoms with Crippen LogP contribution in [0.5, 0.6) is 0 Å². The van der Waals surface area contributed by atoms with E-state index in [1.807, 2.05) is 6.20 Å². The second kappa shape index (κ2) is 9.54. The summed E-state index contributed by atoms with van der Waals surface area (Å²) < 4.78 is 19.9. The average Bonchev–Trinajstić information content (AvgIpc) is 2.85. The zero-order valence-corrected chi connectivity index (χ0v) is 20.5. The number of piperidine rings is 1. The quantitative estimate of drug-likeness (QED) is 0.566. The number of aliphatic hydroxyl groups is 1. The molecule has 35 heavy (non-hydrogen) atoms. The van der Waals surface area contributed by atoms with Crippen molar-refractivity contribution in [3.63, 3.8) is 0 Å². The van der Waals surface area contributed by atoms with E-state index in [0.717, 1.165) is 37.1 Å². The van der Waals surface area contributed by atoms with Gasteiger partial charge in [-0.05, 0) is 48.4 Å². The number of anilines is 4. The molecule has 2 atom stereocenters. The Morgan fingerprint density at radius 1 is 1.09 bits per heavy atom. The van der Waals surface area contributed by atoms with Crippen LogP contribution in [0.15, 0.2) is 36.7 Å². The molecule has 2 fully saturated rings. The third kappa shape index (κ3) is 4.88. The molecule has 8 nitrogen and oxygen atoms in total. The molecule has 0 saturated carbocycles. The van der Waals surface area contributed by atoms with E-state index in [2.05, 4.69) is 52.2 Å². The van der Waals surface area contributed by atoms with Crippen LogP contribution in [0, 0.1) is 0 Å². The van der Waals surface area contributed by atoms with Crippen LogP contribution in [0.4, 0.5) is 27.7 Å². The van der Waals surface area contributed by atoms with Gasteiger partial charge in [0, 0.05) is 43.1 Å². The van der Waals surface area contributed by atoms with Crippen molar-refractivity contribution >= 4 is 34.0 Å². The summed E-state index contributed by atoms with van der Waals surface area (Å²) in [5.41, 5.74) is 1.13. The van der Waals surface area contributed by atoms with E-state index in [0.29, 0.717) is 36.5 Å². The standard InChI is InChI=1S/C26H33FN6O2/c1-17(2)18-4-5-21(32-10-12-35-13-11-32)20-15-29-24(14-19(18)20)30-23-6-8-28-25(31-23)33-9-7-26(3,34)22(27)16-33/h4-6,8,14-15,17,22,34H,7,9-13,16H2,1-3H3,(H,28,29,30,31)/t22-,26+/m0/s1. The molecule has 9 heteroatoms. The number of rotatable bonds is 5. The first kappa shape index (κ1) is 23.7. The molecule has 2 aliphatic rings. The fraction of sp³-hybridized carbons (Fsp3) is 0.500. The largest absolute Gasteiger partial charge is 0.387 e. The summed E-state index contributed by atoms with van der Waals surface area (Å²) in [5.74, 6) is 2.08. The van der Waals surface area contributed by atoms with E-state index in [1.165, 1.54) is 18.2 Å². The number of pyridine rings is 1. The second-order valence-corrected chi connectivity index (χ2v) is 9.93. The van der Waals surface area contributed by atoms with Crippen LogP contribution in [0.2, 0.25) is 0 Å². The SMILES string of the molecule is CC(C)c1ccc(N2CCOCC2)c2cnc(Nc3ccnc(N4CC[C@@](C)(O)[C@@H](F)C4)n3)cc12. The first-order valence-corrected chi connectivity index (χ1v) is 12.3. The van der Waals surface area contributed by atoms with Gasteiger partial charge in [0.15, 0.2) is 0 Å². The summed E-state index contributed by atoms with van der Waals surface area (Å²) in [6, 6.07) is 8.26. The van der Waals surface area contributed by atoms with E-state index in [1.54, 1.807) is 17.2 Å². The number of nitrogens with one attached hydrogen (secondary N) is 1. The minimum absolute atomic E-state index is 0.0622. The Morgan fingerprint density at radius 2 is 1.89 bits per heavy atom. The number of hydrogen-bond donors (Lipinski definition) is 2. The summed E-state index contributed by atoms with van der Waals surface area (Å²) in [6.45, 7) is 9.68. The van der Waals surface area contributed by atoms with Crippen LogP contribution in [0.3, 0.4) is 0 Å². The predicted molar refractivity (Wildman–Crippen MR) is 137 cm³/mol. The fourth-order valence-corrected chi connectivity index (χ4v) is 4.78. The number of nitrogens with zero attached hydrogens (tertiary/aromatic N) is 5. The predicted octanol–water partition coefficient (Wildman–Crippen LogP) is 4.03. The lowest BCUT2D eigenvalue weighted by molar-refractivity contribution is -0.0332. The van der Waals surface area contributed by atoms with Crippen molar-refractivity contribution in [2.45, 2.75) is 44.9 Å². The zero-order valence-electron chi connectivity index (χ0n) is 20.5. The highest BCUT2D eigenvalue weighted by Crippen LogP contribution is 2.35. The molecule has 2 aliphatic heterocycles. The average molecular weight is 481 g/mol. The van der Waals surface area contributed by atoms with Crippen molar-refractivity contribution < 1.29 is 14.2 Å². The van der Waals surface area contributed by atoms with Gasteiger partial charge in [0.25, 0.3) is 0 Å². The minimum atomic E-state index is -1.35. The highest BCUT2D eigenvalue weighted by molar-refractivity contribution is 5.97. The molecule has 2 saturated heterocycles. The molecular weight excluding hydrogens is 447 g/mol. The molecular formula is C26H33FN6O2. The summed E-state index contributed by atoms with van der Waals surface area (Å²) in [4.78, 5) is 17.7. The van der Waals surface area contributed by atoms with Gasteiger partial charge in [-0.1, -0.05) is 19.9 Å². The van der Waals surface area contributed by atoms with Crippen LogP contribution in [0.25, 0.3) is 10.8 Å². The van der Waals surface area contributed by atoms with Gasteiger partial charge in [-0.15, -0.1) is 0 Å². The first-order chi connectivity index (χ1) is 16.8. The fourth-order valence-electron chi connectivity index (χ4n) is 4.78. The van der Waals surface area contributed by atoms with Crippen LogP contribution >= 0.6 is 0 Å². The maximum Gasteiger partial charge on any atom is 0.227 e. The maximum absolute atomic E-state index is 14.4. The number of morpholine rings is 1. The molecule has 3 aromatic rings. The number of ether oxygens (including phenoxy) is 1. The summed E-state index contributed by atoms with van der Waals surface area (Å²) in [5, 5.41) is 15.7. The third-order valence-corrected chi connectivity index (χ3v) is 7.01. The van der Waals surface area contributed by atoms with Crippen molar-refractivity contribution in [1.29, 1.82) is 0 Å². The lowest BCUT2D eigenvalue weighted by Gasteiger charge is -2.38. The highest BCUT2D eigenvalue weighted by Gasteiger charge is 2.38. The number of benzene rings is 1. The van der Waals surface area contributed by atoms with Gasteiger partial charge < -0.3 is 25.0 Å². The number of halogens is 1. The summed E-state index contributed by atoms with van der Waals surface area (Å²) in [7, 11) is 0. The van der Waals surface area contributed by atoms with E-state index < -0.39 is 11.8 Å². The smallest absolute Gasteiger partial charge is 0.227 e. The number of hydrogen-bond acceptors (Lipinski definition) is 8. The molecule has 0 amide bonds. The maximum atomic E-state index is 14.4. The van der Waals surface area contributed by atoms with Crippen LogP contribution in [0.1, 0.15) is 38.7 Å². The Balaban J connectivity index is 1.43. The molecule has 0 spiro atoms. The van der Waals surface area contributed by atoms with Crippen LogP contribution in [-0.4, -0.2) is 71.2 Å². The topological polar surface area (TPSA) is 86.6 Å². The normalized spacial score (nSPS) is 23.2. The van der Waals surface area contributed by atoms with Gasteiger partial charge in [0.2, 0.25) is 5.95 Å². The summed E-state index contributed by atoms with van der Waals surface area (Å²) in [6.07, 6.45) is 2.55. The molecule has 2 N–H and O–H groups in total. The van der Waals surface area contributed by atoms with Gasteiger partial charge >= 0.3 is 0 Å². The monoisotopic (exact) mass is 480 g/mol. The lowest BCUT2D eigenvalue weighted by atomic mass is 9.92. The van der Waals surface area contributed by atoms with E-state index in [4.69, 9.17) is 9.72 Å². The van der Waals surface area contributed by atoms with Gasteiger partial charge in [0.1, 0.15) is 17.8 Å². The Morgan fingerprint density at radius 3 is 2.63 bits per heavy atom. The van der Waals surface area contributed by atoms with Crippen LogP contribution < -0.4 is 15.1 Å². The van der Waals surface area contributed by atoms with Gasteiger partial charge in [-0.2, -0.15) is 4.98 Å². The minimum Gasteiger partial charge on any atom is -0.387 e. The molecule has 0 bridgehead atoms.